The van der Waals surface area contributed by atoms with E-state index in [9.17, 15) is 14.4 Å². The lowest BCUT2D eigenvalue weighted by molar-refractivity contribution is -0.167. The van der Waals surface area contributed by atoms with Crippen LogP contribution in [0.2, 0.25) is 0 Å². The first-order valence-electron chi connectivity index (χ1n) is 34.3. The number of carbonyl (C=O) groups excluding carboxylic acids is 3. The highest BCUT2D eigenvalue weighted by atomic mass is 16.6. The molecule has 6 nitrogen and oxygen atoms in total. The largest absolute Gasteiger partial charge is 0.462 e. The number of rotatable bonds is 63. The molecule has 0 N–H and O–H groups in total. The normalized spacial score (nSPS) is 12.4. The van der Waals surface area contributed by atoms with Gasteiger partial charge in [0.05, 0.1) is 0 Å². The summed E-state index contributed by atoms with van der Waals surface area (Å²) in [6.45, 7) is 6.65. The molecule has 0 spiro atoms. The molecular weight excluding hydrogens is 961 g/mol. The number of hydrogen-bond acceptors (Lipinski definition) is 6. The smallest absolute Gasteiger partial charge is 0.306 e. The molecule has 1 atom stereocenters. The summed E-state index contributed by atoms with van der Waals surface area (Å²) in [5.74, 6) is -0.886. The van der Waals surface area contributed by atoms with Crippen LogP contribution in [-0.2, 0) is 28.6 Å². The maximum atomic E-state index is 12.9. The van der Waals surface area contributed by atoms with Crippen molar-refractivity contribution in [1.29, 1.82) is 0 Å². The van der Waals surface area contributed by atoms with Crippen LogP contribution >= 0.6 is 0 Å². The number of unbranched alkanes of at least 4 members (excludes halogenated alkanes) is 42. The van der Waals surface area contributed by atoms with Crippen LogP contribution in [0.5, 0.6) is 0 Å². The van der Waals surface area contributed by atoms with Gasteiger partial charge in [-0.25, -0.2) is 0 Å². The van der Waals surface area contributed by atoms with Crippen molar-refractivity contribution in [3.05, 3.63) is 60.8 Å². The second-order valence-electron chi connectivity index (χ2n) is 23.1. The van der Waals surface area contributed by atoms with E-state index in [0.29, 0.717) is 19.3 Å². The molecule has 0 aromatic carbocycles. The van der Waals surface area contributed by atoms with Gasteiger partial charge < -0.3 is 14.2 Å². The van der Waals surface area contributed by atoms with Gasteiger partial charge in [-0.3, -0.25) is 14.4 Å². The summed E-state index contributed by atoms with van der Waals surface area (Å²) >= 11 is 0. The Bertz CT molecular complexity index is 1390. The summed E-state index contributed by atoms with van der Waals surface area (Å²) < 4.78 is 17.0. The number of hydrogen-bond donors (Lipinski definition) is 0. The molecule has 0 rings (SSSR count). The predicted octanol–water partition coefficient (Wildman–Crippen LogP) is 23.5. The Morgan fingerprint density at radius 1 is 0.256 bits per heavy atom. The summed E-state index contributed by atoms with van der Waals surface area (Å²) in [5, 5.41) is 0. The van der Waals surface area contributed by atoms with Gasteiger partial charge in [-0.05, 0) is 89.9 Å². The van der Waals surface area contributed by atoms with E-state index in [2.05, 4.69) is 81.5 Å². The lowest BCUT2D eigenvalue weighted by Crippen LogP contribution is -2.30. The highest BCUT2D eigenvalue weighted by Gasteiger charge is 2.19. The minimum atomic E-state index is -0.788. The van der Waals surface area contributed by atoms with E-state index < -0.39 is 6.10 Å². The van der Waals surface area contributed by atoms with E-state index in [0.717, 1.165) is 103 Å². The van der Waals surface area contributed by atoms with Crippen molar-refractivity contribution in [3.8, 4) is 0 Å². The van der Waals surface area contributed by atoms with Gasteiger partial charge in [-0.15, -0.1) is 0 Å². The fourth-order valence-electron chi connectivity index (χ4n) is 10.1. The van der Waals surface area contributed by atoms with Gasteiger partial charge in [0.25, 0.3) is 0 Å². The second-order valence-corrected chi connectivity index (χ2v) is 23.1. The average molecular weight is 1090 g/mol. The molecular formula is C72H130O6. The van der Waals surface area contributed by atoms with Crippen LogP contribution in [0.3, 0.4) is 0 Å². The molecule has 0 radical (unpaired) electrons. The molecule has 78 heavy (non-hydrogen) atoms. The Labute approximate surface area is 485 Å². The molecule has 0 amide bonds. The zero-order valence-corrected chi connectivity index (χ0v) is 52.2. The zero-order valence-electron chi connectivity index (χ0n) is 52.2. The van der Waals surface area contributed by atoms with Crippen molar-refractivity contribution >= 4 is 17.9 Å². The third-order valence-electron chi connectivity index (χ3n) is 15.2. The first-order valence-corrected chi connectivity index (χ1v) is 34.3. The monoisotopic (exact) mass is 1090 g/mol. The fourth-order valence-corrected chi connectivity index (χ4v) is 10.1. The van der Waals surface area contributed by atoms with E-state index in [1.165, 1.54) is 218 Å². The summed E-state index contributed by atoms with van der Waals surface area (Å²) in [7, 11) is 0. The summed E-state index contributed by atoms with van der Waals surface area (Å²) in [6.07, 6.45) is 85.2. The number of allylic oxidation sites excluding steroid dienone is 10. The molecule has 0 aliphatic heterocycles. The van der Waals surface area contributed by atoms with Crippen molar-refractivity contribution in [1.82, 2.24) is 0 Å². The van der Waals surface area contributed by atoms with Crippen LogP contribution in [0.1, 0.15) is 361 Å². The zero-order chi connectivity index (χ0) is 56.4. The highest BCUT2D eigenvalue weighted by Crippen LogP contribution is 2.18. The molecule has 6 heteroatoms. The van der Waals surface area contributed by atoms with Crippen LogP contribution in [0.25, 0.3) is 0 Å². The van der Waals surface area contributed by atoms with E-state index >= 15 is 0 Å². The third kappa shape index (κ3) is 63.9. The first kappa shape index (κ1) is 75.1. The molecule has 0 bridgehead atoms. The molecule has 0 fully saturated rings. The van der Waals surface area contributed by atoms with Crippen molar-refractivity contribution in [2.75, 3.05) is 13.2 Å². The van der Waals surface area contributed by atoms with Crippen molar-refractivity contribution < 1.29 is 28.6 Å². The van der Waals surface area contributed by atoms with Gasteiger partial charge in [0, 0.05) is 19.3 Å². The topological polar surface area (TPSA) is 78.9 Å². The third-order valence-corrected chi connectivity index (χ3v) is 15.2. The van der Waals surface area contributed by atoms with Gasteiger partial charge in [0.1, 0.15) is 13.2 Å². The number of ether oxygens (including phenoxy) is 3. The lowest BCUT2D eigenvalue weighted by atomic mass is 10.0. The van der Waals surface area contributed by atoms with Gasteiger partial charge in [0.15, 0.2) is 6.10 Å². The van der Waals surface area contributed by atoms with Gasteiger partial charge in [-0.1, -0.05) is 313 Å². The highest BCUT2D eigenvalue weighted by molar-refractivity contribution is 5.71. The summed E-state index contributed by atoms with van der Waals surface area (Å²) in [5.41, 5.74) is 0. The number of esters is 3. The first-order chi connectivity index (χ1) is 38.5. The van der Waals surface area contributed by atoms with Crippen molar-refractivity contribution in [2.45, 2.75) is 367 Å². The lowest BCUT2D eigenvalue weighted by Gasteiger charge is -2.18. The molecule has 0 saturated carbocycles. The minimum Gasteiger partial charge on any atom is -0.462 e. The Morgan fingerprint density at radius 2 is 0.462 bits per heavy atom. The second kappa shape index (κ2) is 66.6. The van der Waals surface area contributed by atoms with Gasteiger partial charge in [0.2, 0.25) is 0 Å². The molecule has 0 aromatic heterocycles. The Balaban J connectivity index is 4.35. The molecule has 0 aromatic rings. The molecule has 454 valence electrons. The number of carbonyl (C=O) groups is 3. The molecule has 0 aliphatic carbocycles. The maximum absolute atomic E-state index is 12.9. The van der Waals surface area contributed by atoms with Gasteiger partial charge in [-0.2, -0.15) is 0 Å². The maximum Gasteiger partial charge on any atom is 0.306 e. The fraction of sp³-hybridized carbons (Fsp3) is 0.819. The van der Waals surface area contributed by atoms with Crippen LogP contribution in [-0.4, -0.2) is 37.2 Å². The van der Waals surface area contributed by atoms with E-state index in [1.54, 1.807) is 0 Å². The predicted molar refractivity (Wildman–Crippen MR) is 339 cm³/mol. The Hall–Kier alpha value is -2.89. The Kier molecular flexibility index (Phi) is 64.2. The molecule has 0 aliphatic rings. The molecule has 0 heterocycles. The van der Waals surface area contributed by atoms with Crippen LogP contribution in [0.15, 0.2) is 60.8 Å². The summed E-state index contributed by atoms with van der Waals surface area (Å²) in [6, 6.07) is 0. The Morgan fingerprint density at radius 3 is 0.731 bits per heavy atom. The quantitative estimate of drug-likeness (QED) is 0.0261. The van der Waals surface area contributed by atoms with Crippen molar-refractivity contribution in [3.63, 3.8) is 0 Å². The van der Waals surface area contributed by atoms with Crippen LogP contribution in [0.4, 0.5) is 0 Å². The average Bonchev–Trinajstić information content (AvgIpc) is 3.44. The van der Waals surface area contributed by atoms with Crippen LogP contribution in [0, 0.1) is 0 Å². The van der Waals surface area contributed by atoms with Gasteiger partial charge >= 0.3 is 17.9 Å². The molecule has 1 unspecified atom stereocenters. The molecule has 0 saturated heterocycles. The minimum absolute atomic E-state index is 0.0810. The van der Waals surface area contributed by atoms with Crippen LogP contribution < -0.4 is 0 Å². The summed E-state index contributed by atoms with van der Waals surface area (Å²) in [4.78, 5) is 38.4. The van der Waals surface area contributed by atoms with E-state index in [1.807, 2.05) is 0 Å². The van der Waals surface area contributed by atoms with E-state index in [4.69, 9.17) is 14.2 Å². The van der Waals surface area contributed by atoms with Crippen molar-refractivity contribution in [2.24, 2.45) is 0 Å². The SMILES string of the molecule is CCCCCC/C=C\C/C=C\CCCCCCCC(=O)OCC(COC(=O)CCCCCCCCCCCCCCCCCCCCCCCCC)OC(=O)CCCCCCCC/C=C\C/C=C\C/C=C\CCCCCCC. The van der Waals surface area contributed by atoms with E-state index in [-0.39, 0.29) is 31.1 Å². The standard InChI is InChI=1S/C72H130O6/c1-4-7-10-13-16-19-22-25-28-31-33-35-36-38-39-41-44-47-50-53-56-59-62-65-71(74)77-68-69(67-76-70(73)64-61-58-55-52-49-46-43-30-27-24-21-18-15-12-9-6-3)78-72(75)66-63-60-57-54-51-48-45-42-40-37-34-32-29-26-23-20-17-14-11-8-5-2/h21,23-24,26,30,32,34,40,42-43,69H,4-20,22,25,27-29,31,33,35-39,41,44-68H2,1-3H3/b24-21-,26-23-,34-32-,42-40-,43-30-.